The van der Waals surface area contributed by atoms with E-state index in [9.17, 15) is 13.2 Å². The van der Waals surface area contributed by atoms with E-state index >= 15 is 0 Å². The Labute approximate surface area is 168 Å². The van der Waals surface area contributed by atoms with Crippen LogP contribution in [0.1, 0.15) is 32.1 Å². The predicted molar refractivity (Wildman–Crippen MR) is 108 cm³/mol. The van der Waals surface area contributed by atoms with Gasteiger partial charge in [-0.1, -0.05) is 6.42 Å². The molecule has 7 nitrogen and oxygen atoms in total. The summed E-state index contributed by atoms with van der Waals surface area (Å²) in [7, 11) is -2.06. The van der Waals surface area contributed by atoms with E-state index < -0.39 is 10.0 Å². The lowest BCUT2D eigenvalue weighted by atomic mass is 9.99. The molecule has 0 saturated carbocycles. The summed E-state index contributed by atoms with van der Waals surface area (Å²) in [6, 6.07) is 6.39. The zero-order valence-corrected chi connectivity index (χ0v) is 17.4. The number of nitrogens with one attached hydrogen (secondary N) is 1. The Hall–Kier alpha value is -1.64. The molecule has 28 heavy (non-hydrogen) atoms. The quantitative estimate of drug-likeness (QED) is 0.742. The zero-order valence-electron chi connectivity index (χ0n) is 16.6. The lowest BCUT2D eigenvalue weighted by Gasteiger charge is -2.31. The molecule has 8 heteroatoms. The molecule has 0 spiro atoms. The Balaban J connectivity index is 1.54. The minimum atomic E-state index is -3.60. The van der Waals surface area contributed by atoms with Crippen molar-refractivity contribution in [2.24, 2.45) is 5.92 Å². The van der Waals surface area contributed by atoms with Gasteiger partial charge < -0.3 is 15.0 Å². The average Bonchev–Trinajstić information content (AvgIpc) is 2.74. The molecule has 0 unspecified atom stereocenters. The highest BCUT2D eigenvalue weighted by Crippen LogP contribution is 2.25. The van der Waals surface area contributed by atoms with Crippen LogP contribution in [0.5, 0.6) is 5.75 Å². The maximum absolute atomic E-state index is 12.9. The Morgan fingerprint density at radius 1 is 1.11 bits per heavy atom. The van der Waals surface area contributed by atoms with Crippen molar-refractivity contribution < 1.29 is 17.9 Å². The smallest absolute Gasteiger partial charge is 0.243 e. The molecule has 1 aromatic rings. The van der Waals surface area contributed by atoms with Gasteiger partial charge in [0.05, 0.1) is 17.9 Å². The lowest BCUT2D eigenvalue weighted by molar-refractivity contribution is -0.126. The molecule has 2 aliphatic heterocycles. The van der Waals surface area contributed by atoms with Gasteiger partial charge in [-0.25, -0.2) is 8.42 Å². The van der Waals surface area contributed by atoms with Crippen LogP contribution in [0.25, 0.3) is 0 Å². The van der Waals surface area contributed by atoms with Crippen molar-refractivity contribution >= 4 is 15.9 Å². The van der Waals surface area contributed by atoms with Gasteiger partial charge in [0.15, 0.2) is 0 Å². The summed E-state index contributed by atoms with van der Waals surface area (Å²) in [5.41, 5.74) is 0. The van der Waals surface area contributed by atoms with Crippen LogP contribution >= 0.6 is 0 Å². The second-order valence-corrected chi connectivity index (χ2v) is 9.51. The monoisotopic (exact) mass is 409 g/mol. The summed E-state index contributed by atoms with van der Waals surface area (Å²) in [4.78, 5) is 15.2. The van der Waals surface area contributed by atoms with E-state index in [1.54, 1.807) is 31.4 Å². The summed E-state index contributed by atoms with van der Waals surface area (Å²) >= 11 is 0. The van der Waals surface area contributed by atoms with Crippen molar-refractivity contribution in [2.75, 3.05) is 46.4 Å². The van der Waals surface area contributed by atoms with Gasteiger partial charge in [-0.15, -0.1) is 0 Å². The highest BCUT2D eigenvalue weighted by molar-refractivity contribution is 7.89. The van der Waals surface area contributed by atoms with E-state index in [2.05, 4.69) is 10.2 Å². The van der Waals surface area contributed by atoms with Gasteiger partial charge in [0.2, 0.25) is 15.9 Å². The Morgan fingerprint density at radius 2 is 1.82 bits per heavy atom. The number of hydrogen-bond acceptors (Lipinski definition) is 5. The molecule has 2 heterocycles. The largest absolute Gasteiger partial charge is 0.497 e. The molecular formula is C20H31N3O4S. The summed E-state index contributed by atoms with van der Waals surface area (Å²) in [5.74, 6) is 0.290. The maximum Gasteiger partial charge on any atom is 0.243 e. The van der Waals surface area contributed by atoms with Crippen molar-refractivity contribution in [1.82, 2.24) is 14.5 Å². The first kappa shape index (κ1) is 21.1. The highest BCUT2D eigenvalue weighted by Gasteiger charge is 2.33. The number of carbonyl (C=O) groups excluding carboxylic acids is 1. The fourth-order valence-electron chi connectivity index (χ4n) is 3.94. The van der Waals surface area contributed by atoms with Crippen molar-refractivity contribution in [2.45, 2.75) is 37.0 Å². The number of likely N-dealkylation sites (tertiary alicyclic amines) is 1. The van der Waals surface area contributed by atoms with Crippen LogP contribution in [0, 0.1) is 5.92 Å². The molecule has 2 saturated heterocycles. The summed E-state index contributed by atoms with van der Waals surface area (Å²) in [6.07, 6.45) is 5.18. The fourth-order valence-corrected chi connectivity index (χ4v) is 5.46. The van der Waals surface area contributed by atoms with Gasteiger partial charge in [-0.05, 0) is 63.0 Å². The summed E-state index contributed by atoms with van der Waals surface area (Å²) in [5, 5.41) is 3.01. The van der Waals surface area contributed by atoms with Gasteiger partial charge in [-0.3, -0.25) is 4.79 Å². The van der Waals surface area contributed by atoms with Crippen LogP contribution in [-0.4, -0.2) is 69.9 Å². The second-order valence-electron chi connectivity index (χ2n) is 7.57. The topological polar surface area (TPSA) is 79.0 Å². The minimum absolute atomic E-state index is 0.0355. The minimum Gasteiger partial charge on any atom is -0.497 e. The molecule has 0 bridgehead atoms. The molecule has 1 amide bonds. The van der Waals surface area contributed by atoms with E-state index in [1.807, 2.05) is 0 Å². The third-order valence-corrected chi connectivity index (χ3v) is 7.51. The van der Waals surface area contributed by atoms with Crippen LogP contribution in [0.3, 0.4) is 0 Å². The third-order valence-electron chi connectivity index (χ3n) is 5.63. The number of amides is 1. The molecule has 1 atom stereocenters. The SMILES string of the molecule is COc1ccc(S(=O)(=O)N2CCC[C@@H](C(=O)NCCN3CCCCC3)C2)cc1. The number of rotatable bonds is 7. The average molecular weight is 410 g/mol. The first-order chi connectivity index (χ1) is 13.5. The summed E-state index contributed by atoms with van der Waals surface area (Å²) in [6.45, 7) is 4.39. The van der Waals surface area contributed by atoms with Crippen LogP contribution in [0.2, 0.25) is 0 Å². The first-order valence-corrected chi connectivity index (χ1v) is 11.6. The van der Waals surface area contributed by atoms with Gasteiger partial charge in [0.1, 0.15) is 5.75 Å². The van der Waals surface area contributed by atoms with Gasteiger partial charge >= 0.3 is 0 Å². The van der Waals surface area contributed by atoms with Crippen LogP contribution in [0.4, 0.5) is 0 Å². The highest BCUT2D eigenvalue weighted by atomic mass is 32.2. The number of hydrogen-bond donors (Lipinski definition) is 1. The number of sulfonamides is 1. The van der Waals surface area contributed by atoms with Crippen molar-refractivity contribution in [1.29, 1.82) is 0 Å². The van der Waals surface area contributed by atoms with Gasteiger partial charge in [0, 0.05) is 26.2 Å². The van der Waals surface area contributed by atoms with E-state index in [0.29, 0.717) is 25.3 Å². The van der Waals surface area contributed by atoms with Gasteiger partial charge in [-0.2, -0.15) is 4.31 Å². The number of methoxy groups -OCH3 is 1. The number of benzene rings is 1. The van der Waals surface area contributed by atoms with Crippen molar-refractivity contribution in [3.8, 4) is 5.75 Å². The number of ether oxygens (including phenoxy) is 1. The first-order valence-electron chi connectivity index (χ1n) is 10.1. The molecule has 1 aromatic carbocycles. The van der Waals surface area contributed by atoms with Crippen LogP contribution in [0.15, 0.2) is 29.2 Å². The normalized spacial score (nSPS) is 22.0. The van der Waals surface area contributed by atoms with Crippen molar-refractivity contribution in [3.05, 3.63) is 24.3 Å². The molecule has 2 aliphatic rings. The molecule has 3 rings (SSSR count). The Bertz CT molecular complexity index is 745. The molecule has 0 aromatic heterocycles. The van der Waals surface area contributed by atoms with Crippen LogP contribution in [-0.2, 0) is 14.8 Å². The maximum atomic E-state index is 12.9. The van der Waals surface area contributed by atoms with E-state index in [4.69, 9.17) is 4.74 Å². The molecule has 0 radical (unpaired) electrons. The lowest BCUT2D eigenvalue weighted by Crippen LogP contribution is -2.46. The van der Waals surface area contributed by atoms with Gasteiger partial charge in [0.25, 0.3) is 0 Å². The molecule has 2 fully saturated rings. The molecule has 0 aliphatic carbocycles. The molecule has 1 N–H and O–H groups in total. The standard InChI is InChI=1S/C20H31N3O4S/c1-27-18-7-9-19(10-8-18)28(25,26)23-14-5-6-17(16-23)20(24)21-11-15-22-12-3-2-4-13-22/h7-10,17H,2-6,11-16H2,1H3,(H,21,24)/t17-/m1/s1. The van der Waals surface area contributed by atoms with E-state index in [1.165, 1.54) is 23.6 Å². The molecular weight excluding hydrogens is 378 g/mol. The number of piperidine rings is 2. The Morgan fingerprint density at radius 3 is 2.50 bits per heavy atom. The van der Waals surface area contributed by atoms with Crippen LogP contribution < -0.4 is 10.1 Å². The third kappa shape index (κ3) is 5.24. The second kappa shape index (κ2) is 9.71. The van der Waals surface area contributed by atoms with E-state index in [0.717, 1.165) is 26.1 Å². The fraction of sp³-hybridized carbons (Fsp3) is 0.650. The number of nitrogens with zero attached hydrogens (tertiary/aromatic N) is 2. The Kier molecular flexibility index (Phi) is 7.31. The van der Waals surface area contributed by atoms with Crippen molar-refractivity contribution in [3.63, 3.8) is 0 Å². The molecule has 156 valence electrons. The predicted octanol–water partition coefficient (Wildman–Crippen LogP) is 1.70. The summed E-state index contributed by atoms with van der Waals surface area (Å²) < 4.78 is 32.4. The van der Waals surface area contributed by atoms with E-state index in [-0.39, 0.29) is 23.3 Å². The zero-order chi connectivity index (χ0) is 20.0. The number of carbonyl (C=O) groups is 1.